The van der Waals surface area contributed by atoms with Gasteiger partial charge in [-0.15, -0.1) is 0 Å². The lowest BCUT2D eigenvalue weighted by Crippen LogP contribution is -2.51. The van der Waals surface area contributed by atoms with E-state index in [1.807, 2.05) is 30.5 Å². The van der Waals surface area contributed by atoms with Crippen molar-refractivity contribution in [3.05, 3.63) is 48.8 Å². The topological polar surface area (TPSA) is 139 Å². The van der Waals surface area contributed by atoms with Crippen LogP contribution in [0.5, 0.6) is 0 Å². The first-order chi connectivity index (χ1) is 16.0. The van der Waals surface area contributed by atoms with Gasteiger partial charge in [-0.2, -0.15) is 9.61 Å². The van der Waals surface area contributed by atoms with E-state index in [4.69, 9.17) is 10.7 Å². The number of anilines is 2. The second kappa shape index (κ2) is 7.16. The first kappa shape index (κ1) is 19.5. The van der Waals surface area contributed by atoms with Gasteiger partial charge in [0.25, 0.3) is 5.91 Å². The van der Waals surface area contributed by atoms with Gasteiger partial charge in [0.15, 0.2) is 5.65 Å². The van der Waals surface area contributed by atoms with Crippen LogP contribution in [0.3, 0.4) is 0 Å². The first-order valence-corrected chi connectivity index (χ1v) is 10.9. The van der Waals surface area contributed by atoms with Crippen LogP contribution in [0.4, 0.5) is 16.4 Å². The number of amides is 3. The number of nitrogens with two attached hydrogens (primary N) is 1. The van der Waals surface area contributed by atoms with Gasteiger partial charge in [-0.1, -0.05) is 18.2 Å². The van der Waals surface area contributed by atoms with Crippen molar-refractivity contribution in [2.75, 3.05) is 11.1 Å². The SMILES string of the molecule is Nc1cc(NC2CCC3(CC2)NC(=O)NC3=O)nc2c(-c3cnc4ccccc4c3)cnn12. The highest BCUT2D eigenvalue weighted by Gasteiger charge is 2.48. The standard InChI is InChI=1S/C23H22N8O2/c24-18-10-19(27-15-5-7-23(8-6-15)21(32)29-22(33)30-23)28-20-16(12-26-31(18)20)14-9-13-3-1-2-4-17(13)25-11-14/h1-4,9-12,15H,5-8,24H2,(H,27,28)(H2,29,30,32,33). The minimum atomic E-state index is -0.784. The molecule has 0 bridgehead atoms. The van der Waals surface area contributed by atoms with Gasteiger partial charge in [-0.05, 0) is 37.8 Å². The van der Waals surface area contributed by atoms with Crippen molar-refractivity contribution in [1.29, 1.82) is 0 Å². The normalized spacial score (nSPS) is 22.6. The maximum absolute atomic E-state index is 12.2. The summed E-state index contributed by atoms with van der Waals surface area (Å²) in [5, 5.41) is 14.0. The number of nitrogens with zero attached hydrogens (tertiary/aromatic N) is 4. The molecule has 2 aliphatic rings. The molecule has 3 aromatic heterocycles. The Balaban J connectivity index is 1.28. The van der Waals surface area contributed by atoms with E-state index in [1.165, 1.54) is 0 Å². The van der Waals surface area contributed by atoms with Crippen molar-refractivity contribution >= 4 is 40.1 Å². The van der Waals surface area contributed by atoms with Crippen LogP contribution in [0.25, 0.3) is 27.7 Å². The van der Waals surface area contributed by atoms with Gasteiger partial charge in [0.1, 0.15) is 17.2 Å². The predicted octanol–water partition coefficient (Wildman–Crippen LogP) is 2.46. The maximum atomic E-state index is 12.2. The number of carbonyl (C=O) groups excluding carboxylic acids is 2. The van der Waals surface area contributed by atoms with Crippen molar-refractivity contribution in [3.63, 3.8) is 0 Å². The Labute approximate surface area is 188 Å². The Hall–Kier alpha value is -4.21. The molecule has 2 fully saturated rings. The Bertz CT molecular complexity index is 1420. The van der Waals surface area contributed by atoms with Crippen molar-refractivity contribution in [1.82, 2.24) is 30.2 Å². The van der Waals surface area contributed by atoms with Crippen LogP contribution < -0.4 is 21.7 Å². The van der Waals surface area contributed by atoms with Crippen molar-refractivity contribution in [3.8, 4) is 11.1 Å². The summed E-state index contributed by atoms with van der Waals surface area (Å²) in [6.45, 7) is 0. The van der Waals surface area contributed by atoms with Crippen LogP contribution in [0, 0.1) is 0 Å². The van der Waals surface area contributed by atoms with Gasteiger partial charge in [-0.3, -0.25) is 15.1 Å². The molecule has 4 heterocycles. The molecule has 166 valence electrons. The molecule has 0 unspecified atom stereocenters. The molecule has 1 aliphatic heterocycles. The average Bonchev–Trinajstić information content (AvgIpc) is 3.36. The van der Waals surface area contributed by atoms with Gasteiger partial charge < -0.3 is 16.4 Å². The minimum absolute atomic E-state index is 0.115. The Morgan fingerprint density at radius 2 is 1.94 bits per heavy atom. The van der Waals surface area contributed by atoms with E-state index in [-0.39, 0.29) is 11.9 Å². The molecule has 6 rings (SSSR count). The van der Waals surface area contributed by atoms with Gasteiger partial charge in [0.2, 0.25) is 0 Å². The van der Waals surface area contributed by atoms with E-state index in [0.29, 0.717) is 30.1 Å². The lowest BCUT2D eigenvalue weighted by molar-refractivity contribution is -0.125. The summed E-state index contributed by atoms with van der Waals surface area (Å²) in [6.07, 6.45) is 6.16. The summed E-state index contributed by atoms with van der Waals surface area (Å²) in [4.78, 5) is 33.1. The molecule has 1 aromatic carbocycles. The zero-order valence-corrected chi connectivity index (χ0v) is 17.7. The Kier molecular flexibility index (Phi) is 4.22. The van der Waals surface area contributed by atoms with Crippen LogP contribution in [-0.4, -0.2) is 43.1 Å². The van der Waals surface area contributed by atoms with Crippen LogP contribution in [-0.2, 0) is 4.79 Å². The summed E-state index contributed by atoms with van der Waals surface area (Å²) in [5.41, 5.74) is 8.82. The van der Waals surface area contributed by atoms with E-state index >= 15 is 0 Å². The fraction of sp³-hybridized carbons (Fsp3) is 0.261. The molecular weight excluding hydrogens is 420 g/mol. The molecule has 33 heavy (non-hydrogen) atoms. The molecule has 0 atom stereocenters. The van der Waals surface area contributed by atoms with Crippen molar-refractivity contribution in [2.45, 2.75) is 37.3 Å². The number of benzene rings is 1. The highest BCUT2D eigenvalue weighted by Crippen LogP contribution is 2.33. The number of para-hydroxylation sites is 1. The Morgan fingerprint density at radius 3 is 2.73 bits per heavy atom. The predicted molar refractivity (Wildman–Crippen MR) is 123 cm³/mol. The smallest absolute Gasteiger partial charge is 0.322 e. The third-order valence-corrected chi connectivity index (χ3v) is 6.61. The van der Waals surface area contributed by atoms with Gasteiger partial charge in [0.05, 0.1) is 11.7 Å². The molecule has 1 aliphatic carbocycles. The minimum Gasteiger partial charge on any atom is -0.383 e. The molecule has 1 saturated carbocycles. The van der Waals surface area contributed by atoms with Crippen molar-refractivity contribution < 1.29 is 9.59 Å². The molecule has 5 N–H and O–H groups in total. The highest BCUT2D eigenvalue weighted by molar-refractivity contribution is 6.07. The molecule has 1 spiro atoms. The number of aromatic nitrogens is 4. The molecule has 0 radical (unpaired) electrons. The van der Waals surface area contributed by atoms with Gasteiger partial charge in [-0.25, -0.2) is 9.78 Å². The summed E-state index contributed by atoms with van der Waals surface area (Å²) in [7, 11) is 0. The average molecular weight is 442 g/mol. The lowest BCUT2D eigenvalue weighted by atomic mass is 9.79. The third kappa shape index (κ3) is 3.22. The largest absolute Gasteiger partial charge is 0.383 e. The van der Waals surface area contributed by atoms with E-state index in [2.05, 4.69) is 32.1 Å². The molecule has 10 nitrogen and oxygen atoms in total. The fourth-order valence-electron chi connectivity index (χ4n) is 4.83. The van der Waals surface area contributed by atoms with Crippen LogP contribution in [0.2, 0.25) is 0 Å². The first-order valence-electron chi connectivity index (χ1n) is 10.9. The molecule has 10 heteroatoms. The van der Waals surface area contributed by atoms with Gasteiger partial charge >= 0.3 is 6.03 Å². The van der Waals surface area contributed by atoms with Gasteiger partial charge in [0, 0.05) is 34.8 Å². The number of hydrogen-bond donors (Lipinski definition) is 4. The fourth-order valence-corrected chi connectivity index (χ4v) is 4.83. The van der Waals surface area contributed by atoms with E-state index < -0.39 is 11.6 Å². The number of pyridine rings is 1. The number of fused-ring (bicyclic) bond motifs is 2. The number of nitrogens with one attached hydrogen (secondary N) is 3. The summed E-state index contributed by atoms with van der Waals surface area (Å²) >= 11 is 0. The van der Waals surface area contributed by atoms with Crippen molar-refractivity contribution in [2.24, 2.45) is 0 Å². The number of urea groups is 1. The maximum Gasteiger partial charge on any atom is 0.322 e. The summed E-state index contributed by atoms with van der Waals surface area (Å²) in [6, 6.07) is 11.5. The third-order valence-electron chi connectivity index (χ3n) is 6.61. The van der Waals surface area contributed by atoms with Crippen LogP contribution >= 0.6 is 0 Å². The molecule has 1 saturated heterocycles. The zero-order chi connectivity index (χ0) is 22.6. The lowest BCUT2D eigenvalue weighted by Gasteiger charge is -2.35. The quantitative estimate of drug-likeness (QED) is 0.357. The number of hydrogen-bond acceptors (Lipinski definition) is 7. The van der Waals surface area contributed by atoms with E-state index in [9.17, 15) is 9.59 Å². The van der Waals surface area contributed by atoms with Crippen LogP contribution in [0.15, 0.2) is 48.8 Å². The second-order valence-corrected chi connectivity index (χ2v) is 8.69. The zero-order valence-electron chi connectivity index (χ0n) is 17.7. The summed E-state index contributed by atoms with van der Waals surface area (Å²) < 4.78 is 1.62. The summed E-state index contributed by atoms with van der Waals surface area (Å²) in [5.74, 6) is 0.885. The monoisotopic (exact) mass is 442 g/mol. The van der Waals surface area contributed by atoms with Crippen LogP contribution in [0.1, 0.15) is 25.7 Å². The molecule has 3 amide bonds. The number of carbonyl (C=O) groups is 2. The second-order valence-electron chi connectivity index (χ2n) is 8.69. The van der Waals surface area contributed by atoms with E-state index in [1.54, 1.807) is 16.8 Å². The number of nitrogen functional groups attached to an aromatic ring is 1. The number of imide groups is 1. The highest BCUT2D eigenvalue weighted by atomic mass is 16.2. The molecular formula is C23H22N8O2. The molecule has 4 aromatic rings. The Morgan fingerprint density at radius 1 is 1.12 bits per heavy atom. The number of rotatable bonds is 3. The van der Waals surface area contributed by atoms with E-state index in [0.717, 1.165) is 34.9 Å².